The number of benzene rings is 1. The number of aliphatic hydroxyl groups excluding tert-OH is 1. The molecule has 1 heterocycles. The van der Waals surface area contributed by atoms with Crippen molar-refractivity contribution in [1.82, 2.24) is 10.2 Å². The van der Waals surface area contributed by atoms with Crippen molar-refractivity contribution in [3.05, 3.63) is 29.8 Å². The number of alkyl halides is 2. The summed E-state index contributed by atoms with van der Waals surface area (Å²) in [5.41, 5.74) is 0.712. The number of aliphatic hydroxyl groups is 1. The Kier molecular flexibility index (Phi) is 7.88. The van der Waals surface area contributed by atoms with Crippen LogP contribution in [0.1, 0.15) is 18.0 Å². The monoisotopic (exact) mass is 322 g/mol. The van der Waals surface area contributed by atoms with Crippen LogP contribution in [-0.2, 0) is 0 Å². The van der Waals surface area contributed by atoms with Crippen molar-refractivity contribution in [2.24, 2.45) is 0 Å². The molecule has 0 unspecified atom stereocenters. The first-order valence-corrected chi connectivity index (χ1v) is 6.81. The lowest BCUT2D eigenvalue weighted by molar-refractivity contribution is -0.0513. The number of hydrogen-bond acceptors (Lipinski definition) is 4. The molecule has 4 nitrogen and oxygen atoms in total. The maximum Gasteiger partial charge on any atom is 0.387 e. The van der Waals surface area contributed by atoms with Crippen LogP contribution in [0.15, 0.2) is 24.3 Å². The summed E-state index contributed by atoms with van der Waals surface area (Å²) >= 11 is 0. The van der Waals surface area contributed by atoms with Crippen LogP contribution in [0.25, 0.3) is 0 Å². The van der Waals surface area contributed by atoms with Gasteiger partial charge in [-0.15, -0.1) is 12.4 Å². The molecule has 0 radical (unpaired) electrons. The minimum Gasteiger partial charge on any atom is -0.434 e. The minimum atomic E-state index is -2.84. The summed E-state index contributed by atoms with van der Waals surface area (Å²) in [6, 6.07) is 6.72. The Labute approximate surface area is 129 Å². The van der Waals surface area contributed by atoms with E-state index in [1.807, 2.05) is 0 Å². The number of halogens is 3. The van der Waals surface area contributed by atoms with Gasteiger partial charge in [0.05, 0.1) is 0 Å². The highest BCUT2D eigenvalue weighted by Gasteiger charge is 2.25. The summed E-state index contributed by atoms with van der Waals surface area (Å²) in [7, 11) is 0. The Morgan fingerprint density at radius 3 is 2.52 bits per heavy atom. The van der Waals surface area contributed by atoms with Gasteiger partial charge >= 0.3 is 6.61 Å². The van der Waals surface area contributed by atoms with E-state index in [0.29, 0.717) is 12.0 Å². The molecular formula is C14H21ClF2N2O2. The van der Waals surface area contributed by atoms with Crippen LogP contribution in [0.4, 0.5) is 8.78 Å². The van der Waals surface area contributed by atoms with E-state index in [1.165, 1.54) is 0 Å². The van der Waals surface area contributed by atoms with Gasteiger partial charge in [0.15, 0.2) is 0 Å². The highest BCUT2D eigenvalue weighted by Crippen LogP contribution is 2.32. The van der Waals surface area contributed by atoms with Gasteiger partial charge in [-0.05, 0) is 12.5 Å². The Morgan fingerprint density at radius 2 is 1.90 bits per heavy atom. The molecule has 7 heteroatoms. The fourth-order valence-corrected chi connectivity index (χ4v) is 2.61. The quantitative estimate of drug-likeness (QED) is 0.841. The van der Waals surface area contributed by atoms with Crippen molar-refractivity contribution in [1.29, 1.82) is 0 Å². The summed E-state index contributed by atoms with van der Waals surface area (Å²) in [5, 5.41) is 12.5. The Bertz CT molecular complexity index is 418. The van der Waals surface area contributed by atoms with Gasteiger partial charge in [-0.3, -0.25) is 4.90 Å². The topological polar surface area (TPSA) is 44.7 Å². The number of piperazine rings is 1. The van der Waals surface area contributed by atoms with Gasteiger partial charge in [0.25, 0.3) is 0 Å². The molecule has 0 aromatic heterocycles. The fraction of sp³-hybridized carbons (Fsp3) is 0.571. The Balaban J connectivity index is 0.00000220. The second kappa shape index (κ2) is 9.15. The highest BCUT2D eigenvalue weighted by atomic mass is 35.5. The molecule has 0 amide bonds. The number of hydrogen-bond donors (Lipinski definition) is 2. The molecule has 0 saturated carbocycles. The molecule has 0 aliphatic carbocycles. The third-order valence-corrected chi connectivity index (χ3v) is 3.49. The summed E-state index contributed by atoms with van der Waals surface area (Å²) in [5.74, 6) is 0.194. The summed E-state index contributed by atoms with van der Waals surface area (Å²) in [6.45, 7) is 0.549. The molecule has 0 bridgehead atoms. The smallest absolute Gasteiger partial charge is 0.387 e. The van der Waals surface area contributed by atoms with E-state index in [4.69, 9.17) is 0 Å². The first kappa shape index (κ1) is 18.1. The zero-order chi connectivity index (χ0) is 14.4. The lowest BCUT2D eigenvalue weighted by Crippen LogP contribution is -2.45. The van der Waals surface area contributed by atoms with Crippen LogP contribution >= 0.6 is 12.4 Å². The predicted molar refractivity (Wildman–Crippen MR) is 79.2 cm³/mol. The molecule has 120 valence electrons. The molecule has 21 heavy (non-hydrogen) atoms. The largest absolute Gasteiger partial charge is 0.434 e. The molecular weight excluding hydrogens is 302 g/mol. The van der Waals surface area contributed by atoms with Crippen LogP contribution in [0.3, 0.4) is 0 Å². The van der Waals surface area contributed by atoms with Crippen LogP contribution in [0, 0.1) is 0 Å². The van der Waals surface area contributed by atoms with E-state index in [-0.39, 0.29) is 30.8 Å². The Morgan fingerprint density at radius 1 is 1.24 bits per heavy atom. The van der Waals surface area contributed by atoms with Crippen molar-refractivity contribution < 1.29 is 18.6 Å². The van der Waals surface area contributed by atoms with Gasteiger partial charge in [0, 0.05) is 44.4 Å². The first-order chi connectivity index (χ1) is 9.72. The molecule has 2 rings (SSSR count). The van der Waals surface area contributed by atoms with Crippen LogP contribution in [-0.4, -0.2) is 49.4 Å². The van der Waals surface area contributed by atoms with Crippen molar-refractivity contribution in [3.8, 4) is 5.75 Å². The summed E-state index contributed by atoms with van der Waals surface area (Å²) < 4.78 is 29.6. The maximum absolute atomic E-state index is 12.5. The van der Waals surface area contributed by atoms with E-state index in [2.05, 4.69) is 15.0 Å². The van der Waals surface area contributed by atoms with E-state index in [0.717, 1.165) is 26.2 Å². The number of nitrogens with one attached hydrogen (secondary N) is 1. The molecule has 1 aliphatic rings. The van der Waals surface area contributed by atoms with Crippen molar-refractivity contribution in [3.63, 3.8) is 0 Å². The third-order valence-electron chi connectivity index (χ3n) is 3.49. The second-order valence-corrected chi connectivity index (χ2v) is 4.73. The third kappa shape index (κ3) is 5.07. The average Bonchev–Trinajstić information content (AvgIpc) is 2.46. The lowest BCUT2D eigenvalue weighted by atomic mass is 10.0. The van der Waals surface area contributed by atoms with Gasteiger partial charge in [-0.2, -0.15) is 8.78 Å². The molecule has 1 saturated heterocycles. The maximum atomic E-state index is 12.5. The zero-order valence-corrected chi connectivity index (χ0v) is 12.5. The molecule has 2 N–H and O–H groups in total. The van der Waals surface area contributed by atoms with Gasteiger partial charge in [0.2, 0.25) is 0 Å². The number of ether oxygens (including phenoxy) is 1. The first-order valence-electron chi connectivity index (χ1n) is 6.81. The normalized spacial score (nSPS) is 17.3. The molecule has 1 fully saturated rings. The molecule has 1 aromatic carbocycles. The molecule has 1 aliphatic heterocycles. The van der Waals surface area contributed by atoms with Crippen molar-refractivity contribution >= 4 is 12.4 Å². The SMILES string of the molecule is Cl.OCC[C@H](c1ccccc1OC(F)F)N1CCNCC1. The lowest BCUT2D eigenvalue weighted by Gasteiger charge is -2.35. The Hall–Kier alpha value is -0.950. The molecule has 0 spiro atoms. The standard InChI is InChI=1S/C14H20F2N2O2.ClH/c15-14(16)20-13-4-2-1-3-11(13)12(5-10-19)18-8-6-17-7-9-18;/h1-4,12,14,17,19H,5-10H2;1H/t12-;/m1./s1. The van der Waals surface area contributed by atoms with Crippen LogP contribution in [0.5, 0.6) is 5.75 Å². The summed E-state index contributed by atoms with van der Waals surface area (Å²) in [6.07, 6.45) is 0.504. The van der Waals surface area contributed by atoms with Crippen LogP contribution < -0.4 is 10.1 Å². The number of rotatable bonds is 6. The van der Waals surface area contributed by atoms with Crippen LogP contribution in [0.2, 0.25) is 0 Å². The second-order valence-electron chi connectivity index (χ2n) is 4.73. The molecule has 1 aromatic rings. The average molecular weight is 323 g/mol. The predicted octanol–water partition coefficient (Wildman–Crippen LogP) is 2.04. The number of para-hydroxylation sites is 1. The van der Waals surface area contributed by atoms with E-state index >= 15 is 0 Å². The number of nitrogens with zero attached hydrogens (tertiary/aromatic N) is 1. The minimum absolute atomic E-state index is 0. The van der Waals surface area contributed by atoms with Gasteiger partial charge in [-0.1, -0.05) is 18.2 Å². The van der Waals surface area contributed by atoms with Crippen molar-refractivity contribution in [2.45, 2.75) is 19.1 Å². The van der Waals surface area contributed by atoms with Crippen molar-refractivity contribution in [2.75, 3.05) is 32.8 Å². The van der Waals surface area contributed by atoms with Gasteiger partial charge < -0.3 is 15.2 Å². The highest BCUT2D eigenvalue weighted by molar-refractivity contribution is 5.85. The van der Waals surface area contributed by atoms with E-state index in [9.17, 15) is 13.9 Å². The van der Waals surface area contributed by atoms with Gasteiger partial charge in [0.1, 0.15) is 5.75 Å². The van der Waals surface area contributed by atoms with Gasteiger partial charge in [-0.25, -0.2) is 0 Å². The van der Waals surface area contributed by atoms with E-state index in [1.54, 1.807) is 24.3 Å². The van der Waals surface area contributed by atoms with E-state index < -0.39 is 6.61 Å². The summed E-state index contributed by atoms with van der Waals surface area (Å²) in [4.78, 5) is 2.19. The zero-order valence-electron chi connectivity index (χ0n) is 11.7. The molecule has 1 atom stereocenters. The fourth-order valence-electron chi connectivity index (χ4n) is 2.61.